The fraction of sp³-hybridized carbons (Fsp3) is 0.222. The molecular formula is C9H10BrNO. The average molecular weight is 228 g/mol. The maximum absolute atomic E-state index is 8.46. The van der Waals surface area contributed by atoms with E-state index in [9.17, 15) is 0 Å². The Bertz CT molecular complexity index is 296. The van der Waals surface area contributed by atoms with E-state index >= 15 is 0 Å². The van der Waals surface area contributed by atoms with E-state index in [0.29, 0.717) is 12.1 Å². The lowest BCUT2D eigenvalue weighted by Gasteiger charge is -2.01. The lowest BCUT2D eigenvalue weighted by Crippen LogP contribution is -1.97. The highest BCUT2D eigenvalue weighted by atomic mass is 79.9. The molecule has 0 unspecified atom stereocenters. The molecule has 2 nitrogen and oxygen atoms in total. The highest BCUT2D eigenvalue weighted by molar-refractivity contribution is 9.10. The standard InChI is InChI=1S/C9H10BrNO/c1-7(11-12)6-8-4-2-3-5-9(8)10/h2-5,12H,6H2,1H3. The molecular weight excluding hydrogens is 218 g/mol. The fourth-order valence-electron chi connectivity index (χ4n) is 0.953. The largest absolute Gasteiger partial charge is 0.411 e. The summed E-state index contributed by atoms with van der Waals surface area (Å²) in [6.07, 6.45) is 0.678. The minimum atomic E-state index is 0.678. The second kappa shape index (κ2) is 4.26. The molecule has 1 rings (SSSR count). The molecule has 1 N–H and O–H groups in total. The normalized spacial score (nSPS) is 11.7. The first-order valence-electron chi connectivity index (χ1n) is 3.65. The number of oxime groups is 1. The summed E-state index contributed by atoms with van der Waals surface area (Å²) in [5.74, 6) is 0. The molecule has 0 aliphatic carbocycles. The molecule has 0 fully saturated rings. The first kappa shape index (κ1) is 9.26. The zero-order valence-electron chi connectivity index (χ0n) is 6.79. The Labute approximate surface area is 80.0 Å². The predicted octanol–water partition coefficient (Wildman–Crippen LogP) is 2.84. The molecule has 0 atom stereocenters. The van der Waals surface area contributed by atoms with Crippen LogP contribution in [0.1, 0.15) is 12.5 Å². The molecule has 3 heteroatoms. The molecule has 0 aliphatic rings. The average Bonchev–Trinajstić information content (AvgIpc) is 2.09. The Morgan fingerprint density at radius 3 is 2.75 bits per heavy atom. The quantitative estimate of drug-likeness (QED) is 0.471. The van der Waals surface area contributed by atoms with Crippen molar-refractivity contribution >= 4 is 21.6 Å². The monoisotopic (exact) mass is 227 g/mol. The van der Waals surface area contributed by atoms with E-state index in [1.165, 1.54) is 0 Å². The minimum Gasteiger partial charge on any atom is -0.411 e. The Balaban J connectivity index is 2.82. The van der Waals surface area contributed by atoms with Crippen molar-refractivity contribution in [2.45, 2.75) is 13.3 Å². The second-order valence-corrected chi connectivity index (χ2v) is 3.46. The van der Waals surface area contributed by atoms with E-state index in [1.54, 1.807) is 6.92 Å². The van der Waals surface area contributed by atoms with Gasteiger partial charge in [0.2, 0.25) is 0 Å². The Hall–Kier alpha value is -0.830. The van der Waals surface area contributed by atoms with Crippen molar-refractivity contribution in [3.63, 3.8) is 0 Å². The number of benzene rings is 1. The van der Waals surface area contributed by atoms with Gasteiger partial charge in [-0.05, 0) is 18.6 Å². The van der Waals surface area contributed by atoms with Gasteiger partial charge in [-0.2, -0.15) is 0 Å². The number of rotatable bonds is 2. The van der Waals surface area contributed by atoms with Crippen LogP contribution in [0.2, 0.25) is 0 Å². The van der Waals surface area contributed by atoms with Crippen LogP contribution in [0.25, 0.3) is 0 Å². The van der Waals surface area contributed by atoms with Gasteiger partial charge in [-0.15, -0.1) is 0 Å². The van der Waals surface area contributed by atoms with Gasteiger partial charge >= 0.3 is 0 Å². The fourth-order valence-corrected chi connectivity index (χ4v) is 1.38. The van der Waals surface area contributed by atoms with Crippen LogP contribution in [-0.4, -0.2) is 10.9 Å². The summed E-state index contributed by atoms with van der Waals surface area (Å²) in [5, 5.41) is 11.6. The molecule has 12 heavy (non-hydrogen) atoms. The summed E-state index contributed by atoms with van der Waals surface area (Å²) in [6.45, 7) is 1.79. The van der Waals surface area contributed by atoms with Crippen LogP contribution in [0.5, 0.6) is 0 Å². The van der Waals surface area contributed by atoms with E-state index in [-0.39, 0.29) is 0 Å². The van der Waals surface area contributed by atoms with Gasteiger partial charge < -0.3 is 5.21 Å². The Morgan fingerprint density at radius 2 is 2.17 bits per heavy atom. The summed E-state index contributed by atoms with van der Waals surface area (Å²) in [6, 6.07) is 7.89. The smallest absolute Gasteiger partial charge is 0.0584 e. The van der Waals surface area contributed by atoms with Gasteiger partial charge in [0.05, 0.1) is 5.71 Å². The lowest BCUT2D eigenvalue weighted by molar-refractivity contribution is 0.317. The zero-order chi connectivity index (χ0) is 8.97. The molecule has 0 heterocycles. The summed E-state index contributed by atoms with van der Waals surface area (Å²) >= 11 is 3.42. The van der Waals surface area contributed by atoms with E-state index in [4.69, 9.17) is 5.21 Å². The molecule has 1 aromatic rings. The topological polar surface area (TPSA) is 32.6 Å². The molecule has 0 aliphatic heterocycles. The number of hydrogen-bond donors (Lipinski definition) is 1. The third-order valence-electron chi connectivity index (χ3n) is 1.57. The Kier molecular flexibility index (Phi) is 3.29. The summed E-state index contributed by atoms with van der Waals surface area (Å²) in [5.41, 5.74) is 1.84. The van der Waals surface area contributed by atoms with Crippen LogP contribution in [-0.2, 0) is 6.42 Å². The maximum Gasteiger partial charge on any atom is 0.0584 e. The van der Waals surface area contributed by atoms with Crippen LogP contribution >= 0.6 is 15.9 Å². The van der Waals surface area contributed by atoms with Gasteiger partial charge in [-0.1, -0.05) is 39.3 Å². The molecule has 0 bridgehead atoms. The van der Waals surface area contributed by atoms with Crippen molar-refractivity contribution in [3.05, 3.63) is 34.3 Å². The van der Waals surface area contributed by atoms with Crippen molar-refractivity contribution in [1.29, 1.82) is 0 Å². The first-order valence-corrected chi connectivity index (χ1v) is 4.44. The van der Waals surface area contributed by atoms with Crippen LogP contribution in [0.3, 0.4) is 0 Å². The molecule has 0 saturated carbocycles. The number of nitrogens with zero attached hydrogens (tertiary/aromatic N) is 1. The molecule has 0 amide bonds. The minimum absolute atomic E-state index is 0.678. The number of hydrogen-bond acceptors (Lipinski definition) is 2. The van der Waals surface area contributed by atoms with Gasteiger partial charge in [-0.25, -0.2) is 0 Å². The van der Waals surface area contributed by atoms with E-state index in [2.05, 4.69) is 21.1 Å². The van der Waals surface area contributed by atoms with Crippen molar-refractivity contribution in [2.24, 2.45) is 5.16 Å². The third-order valence-corrected chi connectivity index (χ3v) is 2.35. The van der Waals surface area contributed by atoms with Crippen molar-refractivity contribution in [1.82, 2.24) is 0 Å². The van der Waals surface area contributed by atoms with Gasteiger partial charge in [0.15, 0.2) is 0 Å². The van der Waals surface area contributed by atoms with Crippen LogP contribution in [0, 0.1) is 0 Å². The van der Waals surface area contributed by atoms with Gasteiger partial charge in [0.25, 0.3) is 0 Å². The SMILES string of the molecule is CC(Cc1ccccc1Br)=NO. The molecule has 0 aromatic heterocycles. The maximum atomic E-state index is 8.46. The molecule has 1 aromatic carbocycles. The van der Waals surface area contributed by atoms with Gasteiger partial charge in [-0.3, -0.25) is 0 Å². The van der Waals surface area contributed by atoms with E-state index in [1.807, 2.05) is 24.3 Å². The van der Waals surface area contributed by atoms with Crippen molar-refractivity contribution in [2.75, 3.05) is 0 Å². The molecule has 0 saturated heterocycles. The third kappa shape index (κ3) is 2.34. The predicted molar refractivity (Wildman–Crippen MR) is 52.7 cm³/mol. The summed E-state index contributed by atoms with van der Waals surface area (Å²) in [7, 11) is 0. The zero-order valence-corrected chi connectivity index (χ0v) is 8.37. The highest BCUT2D eigenvalue weighted by Gasteiger charge is 1.99. The van der Waals surface area contributed by atoms with Crippen molar-refractivity contribution < 1.29 is 5.21 Å². The molecule has 0 radical (unpaired) electrons. The van der Waals surface area contributed by atoms with Gasteiger partial charge in [0, 0.05) is 10.9 Å². The Morgan fingerprint density at radius 1 is 1.50 bits per heavy atom. The number of halogens is 1. The van der Waals surface area contributed by atoms with Crippen LogP contribution < -0.4 is 0 Å². The van der Waals surface area contributed by atoms with E-state index < -0.39 is 0 Å². The highest BCUT2D eigenvalue weighted by Crippen LogP contribution is 2.16. The van der Waals surface area contributed by atoms with Crippen molar-refractivity contribution in [3.8, 4) is 0 Å². The van der Waals surface area contributed by atoms with Crippen LogP contribution in [0.15, 0.2) is 33.9 Å². The van der Waals surface area contributed by atoms with E-state index in [0.717, 1.165) is 10.0 Å². The first-order chi connectivity index (χ1) is 5.74. The summed E-state index contributed by atoms with van der Waals surface area (Å²) in [4.78, 5) is 0. The molecule has 0 spiro atoms. The lowest BCUT2D eigenvalue weighted by atomic mass is 10.1. The van der Waals surface area contributed by atoms with Crippen LogP contribution in [0.4, 0.5) is 0 Å². The second-order valence-electron chi connectivity index (χ2n) is 2.60. The summed E-state index contributed by atoms with van der Waals surface area (Å²) < 4.78 is 1.05. The molecule has 64 valence electrons. The van der Waals surface area contributed by atoms with Gasteiger partial charge in [0.1, 0.15) is 0 Å².